The van der Waals surface area contributed by atoms with Gasteiger partial charge < -0.3 is 19.7 Å². The van der Waals surface area contributed by atoms with Gasteiger partial charge in [0.2, 0.25) is 5.91 Å². The predicted molar refractivity (Wildman–Crippen MR) is 124 cm³/mol. The van der Waals surface area contributed by atoms with Gasteiger partial charge in [-0.25, -0.2) is 0 Å². The zero-order valence-electron chi connectivity index (χ0n) is 20.5. The summed E-state index contributed by atoms with van der Waals surface area (Å²) >= 11 is 0. The number of quaternary nitrogens is 1. The Bertz CT molecular complexity index is 438. The summed E-state index contributed by atoms with van der Waals surface area (Å²) in [6.07, 6.45) is 18.0. The fourth-order valence-electron chi connectivity index (χ4n) is 3.96. The highest BCUT2D eigenvalue weighted by Crippen LogP contribution is 2.12. The van der Waals surface area contributed by atoms with Crippen molar-refractivity contribution in [1.82, 2.24) is 5.32 Å². The minimum absolute atomic E-state index is 0.110. The maximum Gasteiger partial charge on any atom is 0.220 e. The number of amides is 1. The van der Waals surface area contributed by atoms with E-state index in [2.05, 4.69) is 33.3 Å². The van der Waals surface area contributed by atoms with Crippen molar-refractivity contribution in [3.8, 4) is 0 Å². The summed E-state index contributed by atoms with van der Waals surface area (Å²) in [7, 11) is 4.17. The summed E-state index contributed by atoms with van der Waals surface area (Å²) in [6, 6.07) is 0.252. The third-order valence-electron chi connectivity index (χ3n) is 5.96. The number of nitrogens with one attached hydrogen (secondary N) is 1. The molecule has 0 aliphatic carbocycles. The third-order valence-corrected chi connectivity index (χ3v) is 5.96. The molecule has 5 nitrogen and oxygen atoms in total. The highest BCUT2D eigenvalue weighted by Gasteiger charge is 2.15. The molecule has 30 heavy (non-hydrogen) atoms. The lowest BCUT2D eigenvalue weighted by molar-refractivity contribution is -0.890. The molecule has 0 aromatic carbocycles. The lowest BCUT2D eigenvalue weighted by Crippen LogP contribution is -2.42. The largest absolute Gasteiger partial charge is 0.550 e. The summed E-state index contributed by atoms with van der Waals surface area (Å²) in [6.45, 7) is 6.05. The van der Waals surface area contributed by atoms with Gasteiger partial charge in [-0.05, 0) is 19.8 Å². The number of carbonyl (C=O) groups is 2. The Morgan fingerprint density at radius 2 is 1.23 bits per heavy atom. The van der Waals surface area contributed by atoms with E-state index >= 15 is 0 Å². The lowest BCUT2D eigenvalue weighted by Gasteiger charge is -2.30. The van der Waals surface area contributed by atoms with Crippen LogP contribution in [0.1, 0.15) is 117 Å². The van der Waals surface area contributed by atoms with Gasteiger partial charge in [0.25, 0.3) is 0 Å². The first-order valence-electron chi connectivity index (χ1n) is 12.6. The van der Waals surface area contributed by atoms with Gasteiger partial charge in [0.05, 0.1) is 27.2 Å². The molecule has 0 spiro atoms. The SMILES string of the molecule is CCCCCCCCCCCCCC(C)NC(=O)CCC[N+](C)(C)CCCC(=O)[O-]. The molecule has 1 N–H and O–H groups in total. The fraction of sp³-hybridized carbons (Fsp3) is 0.920. The normalized spacial score (nSPS) is 12.7. The maximum atomic E-state index is 12.1. The van der Waals surface area contributed by atoms with Crippen molar-refractivity contribution in [3.05, 3.63) is 0 Å². The van der Waals surface area contributed by atoms with Crippen molar-refractivity contribution in [2.45, 2.75) is 123 Å². The molecule has 0 fully saturated rings. The van der Waals surface area contributed by atoms with Gasteiger partial charge in [-0.3, -0.25) is 4.79 Å². The molecule has 0 aliphatic rings. The molecule has 0 aliphatic heterocycles. The van der Waals surface area contributed by atoms with E-state index in [-0.39, 0.29) is 18.4 Å². The van der Waals surface area contributed by atoms with Crippen molar-refractivity contribution in [2.24, 2.45) is 0 Å². The van der Waals surface area contributed by atoms with Crippen LogP contribution >= 0.6 is 0 Å². The van der Waals surface area contributed by atoms with Gasteiger partial charge in [0.1, 0.15) is 0 Å². The highest BCUT2D eigenvalue weighted by molar-refractivity contribution is 5.76. The number of unbranched alkanes of at least 4 members (excludes halogenated alkanes) is 10. The molecule has 0 saturated heterocycles. The minimum Gasteiger partial charge on any atom is -0.550 e. The molecule has 0 heterocycles. The summed E-state index contributed by atoms with van der Waals surface area (Å²) in [5.74, 6) is -0.846. The van der Waals surface area contributed by atoms with Gasteiger partial charge in [0.15, 0.2) is 0 Å². The van der Waals surface area contributed by atoms with E-state index in [9.17, 15) is 14.7 Å². The number of hydrogen-bond acceptors (Lipinski definition) is 3. The van der Waals surface area contributed by atoms with Crippen molar-refractivity contribution in [3.63, 3.8) is 0 Å². The molecular formula is C25H50N2O3. The van der Waals surface area contributed by atoms with E-state index < -0.39 is 5.97 Å². The average molecular weight is 427 g/mol. The second-order valence-electron chi connectivity index (χ2n) is 9.75. The third kappa shape index (κ3) is 20.2. The Morgan fingerprint density at radius 3 is 1.73 bits per heavy atom. The molecule has 0 bridgehead atoms. The molecule has 178 valence electrons. The van der Waals surface area contributed by atoms with E-state index in [0.717, 1.165) is 30.4 Å². The van der Waals surface area contributed by atoms with Crippen LogP contribution in [-0.4, -0.2) is 49.6 Å². The molecule has 5 heteroatoms. The zero-order chi connectivity index (χ0) is 22.7. The fourth-order valence-corrected chi connectivity index (χ4v) is 3.96. The molecule has 0 rings (SSSR count). The number of rotatable bonds is 21. The molecular weight excluding hydrogens is 376 g/mol. The topological polar surface area (TPSA) is 69.2 Å². The quantitative estimate of drug-likeness (QED) is 0.216. The molecule has 0 saturated carbocycles. The van der Waals surface area contributed by atoms with Crippen LogP contribution in [0.15, 0.2) is 0 Å². The van der Waals surface area contributed by atoms with Gasteiger partial charge in [-0.1, -0.05) is 77.6 Å². The second-order valence-corrected chi connectivity index (χ2v) is 9.75. The van der Waals surface area contributed by atoms with Crippen LogP contribution < -0.4 is 10.4 Å². The van der Waals surface area contributed by atoms with E-state index in [0.29, 0.717) is 12.8 Å². The summed E-state index contributed by atoms with van der Waals surface area (Å²) < 4.78 is 0.745. The molecule has 0 radical (unpaired) electrons. The van der Waals surface area contributed by atoms with E-state index in [1.807, 2.05) is 0 Å². The number of carbonyl (C=O) groups excluding carboxylic acids is 2. The van der Waals surface area contributed by atoms with Crippen molar-refractivity contribution < 1.29 is 19.2 Å². The number of aliphatic carboxylic acids is 1. The van der Waals surface area contributed by atoms with Crippen molar-refractivity contribution in [2.75, 3.05) is 27.2 Å². The van der Waals surface area contributed by atoms with Crippen molar-refractivity contribution >= 4 is 11.9 Å². The number of nitrogens with zero attached hydrogens (tertiary/aromatic N) is 1. The van der Waals surface area contributed by atoms with Gasteiger partial charge in [0, 0.05) is 31.3 Å². The first-order chi connectivity index (χ1) is 14.3. The summed E-state index contributed by atoms with van der Waals surface area (Å²) in [5, 5.41) is 13.6. The molecule has 0 aromatic rings. The predicted octanol–water partition coefficient (Wildman–Crippen LogP) is 4.58. The van der Waals surface area contributed by atoms with Crippen molar-refractivity contribution in [1.29, 1.82) is 0 Å². The van der Waals surface area contributed by atoms with Crippen LogP contribution in [0.2, 0.25) is 0 Å². The van der Waals surface area contributed by atoms with E-state index in [4.69, 9.17) is 0 Å². The van der Waals surface area contributed by atoms with Gasteiger partial charge in [-0.2, -0.15) is 0 Å². The maximum absolute atomic E-state index is 12.1. The Labute approximate surface area is 186 Å². The average Bonchev–Trinajstić information content (AvgIpc) is 2.65. The standard InChI is InChI=1S/C25H50N2O3/c1-5-6-7-8-9-10-11-12-13-14-15-18-23(2)26-24(28)19-16-21-27(3,4)22-17-20-25(29)30/h23H,5-22H2,1-4H3,(H-,26,28,29,30). The van der Waals surface area contributed by atoms with Gasteiger partial charge >= 0.3 is 0 Å². The molecule has 1 amide bonds. The summed E-state index contributed by atoms with van der Waals surface area (Å²) in [4.78, 5) is 22.7. The van der Waals surface area contributed by atoms with Crippen LogP contribution in [-0.2, 0) is 9.59 Å². The lowest BCUT2D eigenvalue weighted by atomic mass is 10.0. The Morgan fingerprint density at radius 1 is 0.767 bits per heavy atom. The smallest absolute Gasteiger partial charge is 0.220 e. The zero-order valence-corrected chi connectivity index (χ0v) is 20.5. The minimum atomic E-state index is -0.985. The number of hydrogen-bond donors (Lipinski definition) is 1. The highest BCUT2D eigenvalue weighted by atomic mass is 16.4. The van der Waals surface area contributed by atoms with Crippen LogP contribution in [0.3, 0.4) is 0 Å². The van der Waals surface area contributed by atoms with Crippen LogP contribution in [0.25, 0.3) is 0 Å². The number of carboxylic acids is 1. The van der Waals surface area contributed by atoms with Crippen LogP contribution in [0.4, 0.5) is 0 Å². The van der Waals surface area contributed by atoms with E-state index in [1.54, 1.807) is 0 Å². The second kappa shape index (κ2) is 18.7. The van der Waals surface area contributed by atoms with E-state index in [1.165, 1.54) is 70.6 Å². The first kappa shape index (κ1) is 28.9. The molecule has 1 unspecified atom stereocenters. The molecule has 0 aromatic heterocycles. The Balaban J connectivity index is 3.58. The summed E-state index contributed by atoms with van der Waals surface area (Å²) in [5.41, 5.74) is 0. The Hall–Kier alpha value is -1.10. The Kier molecular flexibility index (Phi) is 18.0. The van der Waals surface area contributed by atoms with Gasteiger partial charge in [-0.15, -0.1) is 0 Å². The number of carboxylic acid groups (broad SMARTS) is 1. The first-order valence-corrected chi connectivity index (χ1v) is 12.6. The monoisotopic (exact) mass is 426 g/mol. The molecule has 1 atom stereocenters. The van der Waals surface area contributed by atoms with Crippen LogP contribution in [0.5, 0.6) is 0 Å². The van der Waals surface area contributed by atoms with Crippen LogP contribution in [0, 0.1) is 0 Å².